The molecule has 1 fully saturated rings. The van der Waals surface area contributed by atoms with E-state index in [1.165, 1.54) is 0 Å². The molecule has 1 aliphatic heterocycles. The van der Waals surface area contributed by atoms with Crippen molar-refractivity contribution in [2.45, 2.75) is 19.9 Å². The highest BCUT2D eigenvalue weighted by molar-refractivity contribution is 5.78. The van der Waals surface area contributed by atoms with E-state index in [1.54, 1.807) is 6.20 Å². The second-order valence-electron chi connectivity index (χ2n) is 5.05. The van der Waals surface area contributed by atoms with E-state index in [0.717, 1.165) is 16.7 Å². The van der Waals surface area contributed by atoms with E-state index in [1.807, 2.05) is 28.2 Å². The summed E-state index contributed by atoms with van der Waals surface area (Å²) in [4.78, 5) is 14.0. The van der Waals surface area contributed by atoms with E-state index in [-0.39, 0.29) is 5.91 Å². The Morgan fingerprint density at radius 1 is 1.40 bits per heavy atom. The average Bonchev–Trinajstić information content (AvgIpc) is 3.00. The third-order valence-corrected chi connectivity index (χ3v) is 3.71. The van der Waals surface area contributed by atoms with Crippen molar-refractivity contribution in [1.29, 1.82) is 0 Å². The first-order valence-electron chi connectivity index (χ1n) is 6.87. The molecule has 0 radical (unpaired) electrons. The Labute approximate surface area is 117 Å². The van der Waals surface area contributed by atoms with Crippen LogP contribution >= 0.6 is 0 Å². The second-order valence-corrected chi connectivity index (χ2v) is 5.05. The molecule has 3 rings (SSSR count). The predicted molar refractivity (Wildman–Crippen MR) is 73.3 cm³/mol. The molecule has 2 aromatic rings. The van der Waals surface area contributed by atoms with Crippen LogP contribution in [0.25, 0.3) is 11.0 Å². The van der Waals surface area contributed by atoms with Crippen LogP contribution < -0.4 is 0 Å². The van der Waals surface area contributed by atoms with E-state index in [0.29, 0.717) is 39.3 Å². The predicted octanol–water partition coefficient (Wildman–Crippen LogP) is 0.327. The molecule has 0 unspecified atom stereocenters. The van der Waals surface area contributed by atoms with E-state index in [9.17, 15) is 4.79 Å². The average molecular weight is 277 g/mol. The van der Waals surface area contributed by atoms with Crippen molar-refractivity contribution in [3.63, 3.8) is 0 Å². The van der Waals surface area contributed by atoms with Gasteiger partial charge in [-0.05, 0) is 6.92 Å². The largest absolute Gasteiger partial charge is 0.378 e. The molecule has 1 amide bonds. The van der Waals surface area contributed by atoms with E-state index in [4.69, 9.17) is 4.74 Å². The smallest absolute Gasteiger partial charge is 0.224 e. The molecular formula is C13H19N5O2. The van der Waals surface area contributed by atoms with Gasteiger partial charge in [-0.3, -0.25) is 14.2 Å². The van der Waals surface area contributed by atoms with Gasteiger partial charge in [0.2, 0.25) is 5.91 Å². The number of nitrogens with zero attached hydrogens (tertiary/aromatic N) is 5. The highest BCUT2D eigenvalue weighted by Gasteiger charge is 2.18. The quantitative estimate of drug-likeness (QED) is 0.811. The molecule has 1 aliphatic rings. The summed E-state index contributed by atoms with van der Waals surface area (Å²) < 4.78 is 8.94. The lowest BCUT2D eigenvalue weighted by atomic mass is 10.3. The lowest BCUT2D eigenvalue weighted by molar-refractivity contribution is -0.135. The molecule has 7 nitrogen and oxygen atoms in total. The monoisotopic (exact) mass is 277 g/mol. The van der Waals surface area contributed by atoms with Crippen LogP contribution in [0.1, 0.15) is 12.1 Å². The van der Waals surface area contributed by atoms with Gasteiger partial charge in [0.05, 0.1) is 31.6 Å². The van der Waals surface area contributed by atoms with Gasteiger partial charge >= 0.3 is 0 Å². The second kappa shape index (κ2) is 5.24. The normalized spacial score (nSPS) is 16.0. The minimum absolute atomic E-state index is 0.165. The fourth-order valence-electron chi connectivity index (χ4n) is 2.65. The maximum absolute atomic E-state index is 12.1. The maximum atomic E-state index is 12.1. The number of aromatic nitrogens is 4. The Balaban J connectivity index is 1.69. The molecule has 0 spiro atoms. The Morgan fingerprint density at radius 2 is 2.15 bits per heavy atom. The summed E-state index contributed by atoms with van der Waals surface area (Å²) in [5.41, 5.74) is 2.96. The van der Waals surface area contributed by atoms with Crippen molar-refractivity contribution in [3.8, 4) is 0 Å². The number of ether oxygens (including phenoxy) is 1. The molecule has 0 bridgehead atoms. The Bertz CT molecular complexity index is 624. The fourth-order valence-corrected chi connectivity index (χ4v) is 2.65. The summed E-state index contributed by atoms with van der Waals surface area (Å²) in [6.45, 7) is 5.22. The van der Waals surface area contributed by atoms with Gasteiger partial charge in [-0.15, -0.1) is 0 Å². The molecule has 3 heterocycles. The number of morpholine rings is 1. The van der Waals surface area contributed by atoms with Crippen molar-refractivity contribution in [2.24, 2.45) is 7.05 Å². The van der Waals surface area contributed by atoms with Crippen molar-refractivity contribution in [2.75, 3.05) is 26.3 Å². The standard InChI is InChI=1S/C13H19N5O2/c1-10-13-11(16(2)15-10)9-14-18(13)4-3-12(19)17-5-7-20-8-6-17/h9H,3-8H2,1-2H3. The van der Waals surface area contributed by atoms with Crippen LogP contribution in [-0.4, -0.2) is 56.7 Å². The number of amides is 1. The van der Waals surface area contributed by atoms with Crippen LogP contribution in [0.15, 0.2) is 6.20 Å². The van der Waals surface area contributed by atoms with Crippen LogP contribution in [0.4, 0.5) is 0 Å². The minimum atomic E-state index is 0.165. The Kier molecular flexibility index (Phi) is 3.43. The fraction of sp³-hybridized carbons (Fsp3) is 0.615. The topological polar surface area (TPSA) is 65.2 Å². The van der Waals surface area contributed by atoms with Gasteiger partial charge in [0, 0.05) is 26.6 Å². The van der Waals surface area contributed by atoms with Gasteiger partial charge in [0.25, 0.3) is 0 Å². The zero-order valence-corrected chi connectivity index (χ0v) is 11.9. The van der Waals surface area contributed by atoms with Gasteiger partial charge in [0.15, 0.2) is 0 Å². The van der Waals surface area contributed by atoms with Crippen molar-refractivity contribution in [1.82, 2.24) is 24.5 Å². The lowest BCUT2D eigenvalue weighted by Gasteiger charge is -2.26. The summed E-state index contributed by atoms with van der Waals surface area (Å²) in [5, 5.41) is 8.73. The molecule has 20 heavy (non-hydrogen) atoms. The minimum Gasteiger partial charge on any atom is -0.378 e. The van der Waals surface area contributed by atoms with Crippen LogP contribution in [0.2, 0.25) is 0 Å². The summed E-state index contributed by atoms with van der Waals surface area (Å²) in [5.74, 6) is 0.165. The molecule has 2 aromatic heterocycles. The summed E-state index contributed by atoms with van der Waals surface area (Å²) in [6, 6.07) is 0. The number of rotatable bonds is 3. The molecule has 0 aliphatic carbocycles. The van der Waals surface area contributed by atoms with E-state index >= 15 is 0 Å². The molecule has 1 saturated heterocycles. The Hall–Kier alpha value is -1.89. The number of hydrogen-bond acceptors (Lipinski definition) is 4. The van der Waals surface area contributed by atoms with E-state index < -0.39 is 0 Å². The third kappa shape index (κ3) is 2.29. The molecule has 0 N–H and O–H groups in total. The number of carbonyl (C=O) groups excluding carboxylic acids is 1. The first-order valence-corrected chi connectivity index (χ1v) is 6.87. The van der Waals surface area contributed by atoms with Gasteiger partial charge in [-0.1, -0.05) is 0 Å². The highest BCUT2D eigenvalue weighted by Crippen LogP contribution is 2.17. The summed E-state index contributed by atoms with van der Waals surface area (Å²) in [6.07, 6.45) is 2.26. The molecule has 0 saturated carbocycles. The number of hydrogen-bond donors (Lipinski definition) is 0. The third-order valence-electron chi connectivity index (χ3n) is 3.71. The van der Waals surface area contributed by atoms with Gasteiger partial charge in [-0.2, -0.15) is 10.2 Å². The van der Waals surface area contributed by atoms with Gasteiger partial charge < -0.3 is 9.64 Å². The van der Waals surface area contributed by atoms with Crippen LogP contribution in [0.3, 0.4) is 0 Å². The Morgan fingerprint density at radius 3 is 2.90 bits per heavy atom. The highest BCUT2D eigenvalue weighted by atomic mass is 16.5. The SMILES string of the molecule is Cc1nn(C)c2cnn(CCC(=O)N3CCOCC3)c12. The maximum Gasteiger partial charge on any atom is 0.224 e. The first kappa shape index (κ1) is 13.1. The zero-order valence-electron chi connectivity index (χ0n) is 11.9. The molecule has 108 valence electrons. The molecule has 0 aromatic carbocycles. The number of carbonyl (C=O) groups is 1. The van der Waals surface area contributed by atoms with Crippen LogP contribution in [0, 0.1) is 6.92 Å². The van der Waals surface area contributed by atoms with Crippen molar-refractivity contribution < 1.29 is 9.53 Å². The van der Waals surface area contributed by atoms with Gasteiger partial charge in [-0.25, -0.2) is 0 Å². The summed E-state index contributed by atoms with van der Waals surface area (Å²) >= 11 is 0. The molecular weight excluding hydrogens is 258 g/mol. The van der Waals surface area contributed by atoms with Crippen molar-refractivity contribution >= 4 is 16.9 Å². The first-order chi connectivity index (χ1) is 9.66. The lowest BCUT2D eigenvalue weighted by Crippen LogP contribution is -2.41. The van der Waals surface area contributed by atoms with E-state index in [2.05, 4.69) is 10.2 Å². The van der Waals surface area contributed by atoms with Crippen molar-refractivity contribution in [3.05, 3.63) is 11.9 Å². The summed E-state index contributed by atoms with van der Waals surface area (Å²) in [7, 11) is 1.90. The van der Waals surface area contributed by atoms with Crippen LogP contribution in [-0.2, 0) is 23.1 Å². The molecule has 0 atom stereocenters. The number of aryl methyl sites for hydroxylation is 3. The zero-order chi connectivity index (χ0) is 14.1. The van der Waals surface area contributed by atoms with Gasteiger partial charge in [0.1, 0.15) is 11.0 Å². The molecule has 7 heteroatoms. The number of fused-ring (bicyclic) bond motifs is 1. The van der Waals surface area contributed by atoms with Crippen LogP contribution in [0.5, 0.6) is 0 Å².